The molecule has 0 fully saturated rings. The lowest BCUT2D eigenvalue weighted by Gasteiger charge is -2.12. The first-order valence-electron chi connectivity index (χ1n) is 11.7. The number of aromatic nitrogens is 7. The van der Waals surface area contributed by atoms with E-state index in [1.807, 2.05) is 37.2 Å². The van der Waals surface area contributed by atoms with E-state index < -0.39 is 0 Å². The number of halogens is 1. The molecule has 0 aliphatic rings. The molecule has 0 bridgehead atoms. The molecule has 0 saturated heterocycles. The predicted molar refractivity (Wildman–Crippen MR) is 139 cm³/mol. The van der Waals surface area contributed by atoms with Crippen molar-refractivity contribution in [3.05, 3.63) is 73.3 Å². The number of hydrogen-bond acceptors (Lipinski definition) is 7. The van der Waals surface area contributed by atoms with Crippen LogP contribution in [0.5, 0.6) is 5.75 Å². The van der Waals surface area contributed by atoms with Gasteiger partial charge in [0.1, 0.15) is 23.9 Å². The number of nitrogens with zero attached hydrogens (tertiary/aromatic N) is 6. The molecule has 0 amide bonds. The molecule has 9 nitrogen and oxygen atoms in total. The Morgan fingerprint density at radius 2 is 1.81 bits per heavy atom. The van der Waals surface area contributed by atoms with Crippen LogP contribution in [0.15, 0.2) is 67.5 Å². The van der Waals surface area contributed by atoms with Crippen molar-refractivity contribution in [2.24, 2.45) is 0 Å². The molecule has 6 aromatic rings. The third kappa shape index (κ3) is 4.50. The fraction of sp³-hybridized carbons (Fsp3) is 0.148. The molecular weight excluding hydrogens is 471 g/mol. The molecule has 5 aromatic heterocycles. The second kappa shape index (κ2) is 9.40. The van der Waals surface area contributed by atoms with Gasteiger partial charge in [-0.2, -0.15) is 5.10 Å². The fourth-order valence-electron chi connectivity index (χ4n) is 4.25. The zero-order chi connectivity index (χ0) is 25.4. The standard InChI is InChI=1S/C27H23FN8O/c1-36(2)5-6-37-19-8-16(7-18(28)10-19)22-13-30-15-25-20(22)11-23(33-25)26-21-9-17(12-32-27(21)35-34-26)24-14-29-3-4-31-24/h3-4,7-15,33H,5-6H2,1-2H3,(H,32,34,35). The largest absolute Gasteiger partial charge is 0.492 e. The number of rotatable bonds is 7. The van der Waals surface area contributed by atoms with Crippen molar-refractivity contribution in [3.63, 3.8) is 0 Å². The van der Waals surface area contributed by atoms with Gasteiger partial charge in [0.2, 0.25) is 0 Å². The van der Waals surface area contributed by atoms with Gasteiger partial charge in [-0.15, -0.1) is 0 Å². The van der Waals surface area contributed by atoms with Crippen molar-refractivity contribution in [2.75, 3.05) is 27.2 Å². The Morgan fingerprint density at radius 1 is 0.892 bits per heavy atom. The summed E-state index contributed by atoms with van der Waals surface area (Å²) >= 11 is 0. The van der Waals surface area contributed by atoms with Crippen molar-refractivity contribution in [1.82, 2.24) is 40.0 Å². The average molecular weight is 495 g/mol. The summed E-state index contributed by atoms with van der Waals surface area (Å²) in [5.41, 5.74) is 5.99. The van der Waals surface area contributed by atoms with Crippen LogP contribution >= 0.6 is 0 Å². The first-order valence-corrected chi connectivity index (χ1v) is 11.7. The van der Waals surface area contributed by atoms with Crippen LogP contribution in [0.2, 0.25) is 0 Å². The maximum absolute atomic E-state index is 14.5. The van der Waals surface area contributed by atoms with E-state index >= 15 is 0 Å². The molecule has 10 heteroatoms. The van der Waals surface area contributed by atoms with Gasteiger partial charge in [-0.05, 0) is 43.9 Å². The number of H-pyrrole nitrogens is 2. The second-order valence-electron chi connectivity index (χ2n) is 8.94. The Morgan fingerprint density at radius 3 is 2.65 bits per heavy atom. The minimum atomic E-state index is -0.369. The van der Waals surface area contributed by atoms with Crippen molar-refractivity contribution in [3.8, 4) is 39.5 Å². The van der Waals surface area contributed by atoms with Gasteiger partial charge in [0.25, 0.3) is 0 Å². The Hall–Kier alpha value is -4.70. The van der Waals surface area contributed by atoms with Crippen molar-refractivity contribution < 1.29 is 9.13 Å². The number of ether oxygens (including phenoxy) is 1. The molecule has 0 atom stereocenters. The molecule has 6 rings (SSSR count). The molecule has 37 heavy (non-hydrogen) atoms. The van der Waals surface area contributed by atoms with Crippen LogP contribution in [0.4, 0.5) is 4.39 Å². The van der Waals surface area contributed by atoms with Crippen LogP contribution in [-0.4, -0.2) is 67.3 Å². The van der Waals surface area contributed by atoms with Gasteiger partial charge in [0.15, 0.2) is 5.65 Å². The SMILES string of the molecule is CN(C)CCOc1cc(F)cc(-c2cncc3[nH]c(-c4n[nH]c5ncc(-c6cnccn6)cc45)cc23)c1. The first kappa shape index (κ1) is 22.7. The molecule has 1 aromatic carbocycles. The highest BCUT2D eigenvalue weighted by molar-refractivity contribution is 6.00. The van der Waals surface area contributed by atoms with E-state index in [1.165, 1.54) is 12.1 Å². The van der Waals surface area contributed by atoms with Crippen LogP contribution in [0.1, 0.15) is 0 Å². The van der Waals surface area contributed by atoms with Gasteiger partial charge >= 0.3 is 0 Å². The lowest BCUT2D eigenvalue weighted by molar-refractivity contribution is 0.260. The molecule has 184 valence electrons. The number of likely N-dealkylation sites (N-methyl/N-ethyl adjacent to an activating group) is 1. The highest BCUT2D eigenvalue weighted by Gasteiger charge is 2.16. The Bertz CT molecular complexity index is 1710. The normalized spacial score (nSPS) is 11.6. The Kier molecular flexibility index (Phi) is 5.78. The van der Waals surface area contributed by atoms with Crippen molar-refractivity contribution in [2.45, 2.75) is 0 Å². The molecule has 0 radical (unpaired) electrons. The average Bonchev–Trinajstić information content (AvgIpc) is 3.52. The summed E-state index contributed by atoms with van der Waals surface area (Å²) in [6, 6.07) is 8.70. The summed E-state index contributed by atoms with van der Waals surface area (Å²) in [4.78, 5) is 22.8. The fourth-order valence-corrected chi connectivity index (χ4v) is 4.25. The summed E-state index contributed by atoms with van der Waals surface area (Å²) in [7, 11) is 3.93. The number of pyridine rings is 2. The first-order chi connectivity index (χ1) is 18.0. The summed E-state index contributed by atoms with van der Waals surface area (Å²) in [5.74, 6) is 0.108. The number of nitrogens with one attached hydrogen (secondary N) is 2. The number of benzene rings is 1. The monoisotopic (exact) mass is 494 g/mol. The number of hydrogen-bond donors (Lipinski definition) is 2. The van der Waals surface area contributed by atoms with Crippen LogP contribution < -0.4 is 4.74 Å². The van der Waals surface area contributed by atoms with Gasteiger partial charge in [0, 0.05) is 59.3 Å². The molecule has 0 aliphatic heterocycles. The minimum Gasteiger partial charge on any atom is -0.492 e. The van der Waals surface area contributed by atoms with Crippen molar-refractivity contribution >= 4 is 21.9 Å². The molecule has 0 saturated carbocycles. The summed E-state index contributed by atoms with van der Waals surface area (Å²) in [6.45, 7) is 1.19. The van der Waals surface area contributed by atoms with Crippen molar-refractivity contribution in [1.29, 1.82) is 0 Å². The van der Waals surface area contributed by atoms with E-state index in [1.54, 1.807) is 37.2 Å². The van der Waals surface area contributed by atoms with E-state index in [4.69, 9.17) is 4.74 Å². The quantitative estimate of drug-likeness (QED) is 0.331. The maximum atomic E-state index is 14.5. The lowest BCUT2D eigenvalue weighted by atomic mass is 10.0. The topological polar surface area (TPSA) is 108 Å². The highest BCUT2D eigenvalue weighted by Crippen LogP contribution is 2.35. The predicted octanol–water partition coefficient (Wildman–Crippen LogP) is 4.70. The molecule has 0 aliphatic carbocycles. The third-order valence-corrected chi connectivity index (χ3v) is 6.07. The van der Waals surface area contributed by atoms with E-state index in [2.05, 4.69) is 35.1 Å². The molecular formula is C27H23FN8O. The zero-order valence-corrected chi connectivity index (χ0v) is 20.2. The lowest BCUT2D eigenvalue weighted by Crippen LogP contribution is -2.19. The Labute approximate surface area is 211 Å². The number of aromatic amines is 2. The van der Waals surface area contributed by atoms with Gasteiger partial charge in [-0.3, -0.25) is 20.1 Å². The van der Waals surface area contributed by atoms with Gasteiger partial charge < -0.3 is 14.6 Å². The molecule has 2 N–H and O–H groups in total. The van der Waals surface area contributed by atoms with Crippen LogP contribution in [0.3, 0.4) is 0 Å². The third-order valence-electron chi connectivity index (χ3n) is 6.07. The van der Waals surface area contributed by atoms with Gasteiger partial charge in [-0.1, -0.05) is 0 Å². The smallest absolute Gasteiger partial charge is 0.155 e. The van der Waals surface area contributed by atoms with E-state index in [-0.39, 0.29) is 5.82 Å². The van der Waals surface area contributed by atoms with Crippen LogP contribution in [-0.2, 0) is 0 Å². The maximum Gasteiger partial charge on any atom is 0.155 e. The Balaban J connectivity index is 1.41. The molecule has 0 spiro atoms. The van der Waals surface area contributed by atoms with Gasteiger partial charge in [-0.25, -0.2) is 9.37 Å². The summed E-state index contributed by atoms with van der Waals surface area (Å²) < 4.78 is 20.3. The van der Waals surface area contributed by atoms with E-state index in [0.29, 0.717) is 29.3 Å². The zero-order valence-electron chi connectivity index (χ0n) is 20.2. The van der Waals surface area contributed by atoms with Crippen LogP contribution in [0.25, 0.3) is 55.7 Å². The minimum absolute atomic E-state index is 0.369. The van der Waals surface area contributed by atoms with Gasteiger partial charge in [0.05, 0.1) is 29.3 Å². The summed E-state index contributed by atoms with van der Waals surface area (Å²) in [5, 5.41) is 9.24. The van der Waals surface area contributed by atoms with E-state index in [0.717, 1.165) is 45.3 Å². The number of fused-ring (bicyclic) bond motifs is 2. The summed E-state index contributed by atoms with van der Waals surface area (Å²) in [6.07, 6.45) is 10.2. The second-order valence-corrected chi connectivity index (χ2v) is 8.94. The molecule has 0 unspecified atom stereocenters. The van der Waals surface area contributed by atoms with Crippen LogP contribution in [0, 0.1) is 5.82 Å². The highest BCUT2D eigenvalue weighted by atomic mass is 19.1. The van der Waals surface area contributed by atoms with E-state index in [9.17, 15) is 4.39 Å². The molecule has 5 heterocycles.